The summed E-state index contributed by atoms with van der Waals surface area (Å²) in [7, 11) is 0. The molecule has 1 aliphatic carbocycles. The van der Waals surface area contributed by atoms with Crippen molar-refractivity contribution in [1.82, 2.24) is 0 Å². The van der Waals surface area contributed by atoms with E-state index in [4.69, 9.17) is 9.47 Å². The van der Waals surface area contributed by atoms with Crippen LogP contribution in [-0.4, -0.2) is 24.1 Å². The summed E-state index contributed by atoms with van der Waals surface area (Å²) in [6.45, 7) is 5.91. The Labute approximate surface area is 94.6 Å². The van der Waals surface area contributed by atoms with Crippen LogP contribution in [0.2, 0.25) is 0 Å². The fraction of sp³-hybridized carbons (Fsp3) is 0.667. The maximum atomic E-state index is 11.3. The second-order valence-electron chi connectivity index (χ2n) is 4.59. The Bertz CT molecular complexity index is 334. The summed E-state index contributed by atoms with van der Waals surface area (Å²) >= 11 is 0. The summed E-state index contributed by atoms with van der Waals surface area (Å²) in [4.78, 5) is 22.5. The topological polar surface area (TPSA) is 52.6 Å². The Balaban J connectivity index is 2.08. The molecule has 16 heavy (non-hydrogen) atoms. The number of allylic oxidation sites excluding steroid dienone is 1. The number of esters is 2. The first kappa shape index (κ1) is 11.2. The van der Waals surface area contributed by atoms with Crippen LogP contribution in [0.5, 0.6) is 0 Å². The highest BCUT2D eigenvalue weighted by Crippen LogP contribution is 2.33. The molecule has 2 fully saturated rings. The summed E-state index contributed by atoms with van der Waals surface area (Å²) < 4.78 is 10.4. The third-order valence-electron chi connectivity index (χ3n) is 3.28. The molecule has 88 valence electrons. The van der Waals surface area contributed by atoms with Gasteiger partial charge in [-0.1, -0.05) is 12.2 Å². The molecule has 0 spiro atoms. The molecule has 2 aliphatic rings. The average molecular weight is 224 g/mol. The van der Waals surface area contributed by atoms with E-state index >= 15 is 0 Å². The Morgan fingerprint density at radius 1 is 1.19 bits per heavy atom. The van der Waals surface area contributed by atoms with Gasteiger partial charge in [-0.3, -0.25) is 9.59 Å². The van der Waals surface area contributed by atoms with E-state index in [-0.39, 0.29) is 18.6 Å². The molecule has 4 nitrogen and oxygen atoms in total. The minimum atomic E-state index is -0.472. The summed E-state index contributed by atoms with van der Waals surface area (Å²) in [6.07, 6.45) is 1.62. The normalized spacial score (nSPS) is 34.4. The van der Waals surface area contributed by atoms with Crippen LogP contribution in [-0.2, 0) is 19.1 Å². The number of ether oxygens (including phenoxy) is 2. The third kappa shape index (κ3) is 2.26. The lowest BCUT2D eigenvalue weighted by Crippen LogP contribution is -2.37. The van der Waals surface area contributed by atoms with E-state index in [1.165, 1.54) is 0 Å². The van der Waals surface area contributed by atoms with Crippen LogP contribution in [0.4, 0.5) is 0 Å². The smallest absolute Gasteiger partial charge is 0.317 e. The molecule has 0 amide bonds. The molecule has 0 bridgehead atoms. The number of carbonyl (C=O) groups excluding carboxylic acids is 2. The molecule has 0 aromatic carbocycles. The molecule has 4 heteroatoms. The predicted octanol–water partition coefficient (Wildman–Crippen LogP) is 1.59. The summed E-state index contributed by atoms with van der Waals surface area (Å²) in [6, 6.07) is 0. The van der Waals surface area contributed by atoms with Crippen molar-refractivity contribution >= 4 is 11.9 Å². The number of fused-ring (bicyclic) bond motifs is 1. The first-order valence-electron chi connectivity index (χ1n) is 5.60. The zero-order valence-electron chi connectivity index (χ0n) is 9.40. The lowest BCUT2D eigenvalue weighted by atomic mass is 9.81. The maximum absolute atomic E-state index is 11.3. The van der Waals surface area contributed by atoms with Crippen LogP contribution < -0.4 is 0 Å². The Morgan fingerprint density at radius 2 is 1.81 bits per heavy atom. The number of hydrogen-bond acceptors (Lipinski definition) is 4. The highest BCUT2D eigenvalue weighted by molar-refractivity contribution is 5.91. The number of rotatable bonds is 1. The molecule has 1 saturated heterocycles. The first-order chi connectivity index (χ1) is 7.56. The molecule has 1 aliphatic heterocycles. The van der Waals surface area contributed by atoms with Crippen molar-refractivity contribution in [3.05, 3.63) is 12.2 Å². The molecule has 3 unspecified atom stereocenters. The fourth-order valence-corrected chi connectivity index (χ4v) is 2.35. The molecule has 0 radical (unpaired) electrons. The lowest BCUT2D eigenvalue weighted by molar-refractivity contribution is -0.155. The van der Waals surface area contributed by atoms with Crippen molar-refractivity contribution in [3.8, 4) is 0 Å². The zero-order valence-corrected chi connectivity index (χ0v) is 9.40. The molecular weight excluding hydrogens is 208 g/mol. The Kier molecular flexibility index (Phi) is 2.99. The maximum Gasteiger partial charge on any atom is 0.317 e. The van der Waals surface area contributed by atoms with Gasteiger partial charge in [-0.15, -0.1) is 0 Å². The standard InChI is InChI=1S/C12H16O4/c1-7(2)8-3-4-9-10(5-8)16-12(14)6-11(13)15-9/h8-10H,1,3-6H2,2H3. The zero-order chi connectivity index (χ0) is 11.7. The van der Waals surface area contributed by atoms with Gasteiger partial charge in [0.05, 0.1) is 0 Å². The van der Waals surface area contributed by atoms with Gasteiger partial charge in [0.2, 0.25) is 0 Å². The van der Waals surface area contributed by atoms with Crippen molar-refractivity contribution in [1.29, 1.82) is 0 Å². The van der Waals surface area contributed by atoms with Gasteiger partial charge < -0.3 is 9.47 Å². The molecule has 0 aromatic heterocycles. The van der Waals surface area contributed by atoms with Crippen LogP contribution in [0.1, 0.15) is 32.6 Å². The summed E-state index contributed by atoms with van der Waals surface area (Å²) in [5.41, 5.74) is 1.10. The van der Waals surface area contributed by atoms with Gasteiger partial charge in [0.1, 0.15) is 18.6 Å². The van der Waals surface area contributed by atoms with E-state index in [2.05, 4.69) is 6.58 Å². The van der Waals surface area contributed by atoms with Gasteiger partial charge in [-0.25, -0.2) is 0 Å². The monoisotopic (exact) mass is 224 g/mol. The fourth-order valence-electron chi connectivity index (χ4n) is 2.35. The largest absolute Gasteiger partial charge is 0.458 e. The molecular formula is C12H16O4. The molecule has 0 aromatic rings. The Morgan fingerprint density at radius 3 is 2.44 bits per heavy atom. The molecule has 3 atom stereocenters. The van der Waals surface area contributed by atoms with Crippen molar-refractivity contribution in [2.75, 3.05) is 0 Å². The van der Waals surface area contributed by atoms with Gasteiger partial charge in [-0.05, 0) is 32.1 Å². The van der Waals surface area contributed by atoms with Crippen LogP contribution >= 0.6 is 0 Å². The molecule has 1 saturated carbocycles. The van der Waals surface area contributed by atoms with E-state index in [1.54, 1.807) is 0 Å². The van der Waals surface area contributed by atoms with E-state index in [9.17, 15) is 9.59 Å². The molecule has 0 N–H and O–H groups in total. The minimum absolute atomic E-state index is 0.255. The second kappa shape index (κ2) is 4.28. The van der Waals surface area contributed by atoms with Gasteiger partial charge in [0.15, 0.2) is 0 Å². The van der Waals surface area contributed by atoms with Gasteiger partial charge >= 0.3 is 11.9 Å². The SMILES string of the molecule is C=C(C)C1CCC2OC(=O)CC(=O)OC2C1. The van der Waals surface area contributed by atoms with Crippen LogP contribution in [0, 0.1) is 5.92 Å². The van der Waals surface area contributed by atoms with Crippen molar-refractivity contribution in [2.24, 2.45) is 5.92 Å². The van der Waals surface area contributed by atoms with Crippen molar-refractivity contribution in [3.63, 3.8) is 0 Å². The van der Waals surface area contributed by atoms with E-state index < -0.39 is 11.9 Å². The van der Waals surface area contributed by atoms with Gasteiger partial charge in [-0.2, -0.15) is 0 Å². The first-order valence-corrected chi connectivity index (χ1v) is 5.60. The van der Waals surface area contributed by atoms with Crippen LogP contribution in [0.25, 0.3) is 0 Å². The van der Waals surface area contributed by atoms with E-state index in [0.29, 0.717) is 5.92 Å². The third-order valence-corrected chi connectivity index (χ3v) is 3.28. The van der Waals surface area contributed by atoms with Crippen molar-refractivity contribution in [2.45, 2.75) is 44.8 Å². The average Bonchev–Trinajstić information content (AvgIpc) is 2.32. The minimum Gasteiger partial charge on any atom is -0.458 e. The van der Waals surface area contributed by atoms with E-state index in [0.717, 1.165) is 24.8 Å². The van der Waals surface area contributed by atoms with Gasteiger partial charge in [0.25, 0.3) is 0 Å². The number of hydrogen-bond donors (Lipinski definition) is 0. The lowest BCUT2D eigenvalue weighted by Gasteiger charge is -2.33. The highest BCUT2D eigenvalue weighted by atomic mass is 16.6. The van der Waals surface area contributed by atoms with Crippen LogP contribution in [0.15, 0.2) is 12.2 Å². The van der Waals surface area contributed by atoms with Crippen LogP contribution in [0.3, 0.4) is 0 Å². The predicted molar refractivity (Wildman–Crippen MR) is 56.5 cm³/mol. The highest BCUT2D eigenvalue weighted by Gasteiger charge is 2.38. The molecule has 1 heterocycles. The Hall–Kier alpha value is -1.32. The number of carbonyl (C=O) groups is 2. The molecule has 2 rings (SSSR count). The summed E-state index contributed by atoms with van der Waals surface area (Å²) in [5, 5.41) is 0. The second-order valence-corrected chi connectivity index (χ2v) is 4.59. The van der Waals surface area contributed by atoms with Crippen molar-refractivity contribution < 1.29 is 19.1 Å². The van der Waals surface area contributed by atoms with E-state index in [1.807, 2.05) is 6.92 Å². The quantitative estimate of drug-likeness (QED) is 0.385. The summed E-state index contributed by atoms with van der Waals surface area (Å²) in [5.74, 6) is -0.572. The van der Waals surface area contributed by atoms with Gasteiger partial charge in [0, 0.05) is 0 Å².